The number of aliphatic carboxylic acids is 1. The molecule has 0 saturated heterocycles. The van der Waals surface area contributed by atoms with Crippen LogP contribution in [0.1, 0.15) is 19.4 Å². The van der Waals surface area contributed by atoms with Crippen LogP contribution in [0.15, 0.2) is 6.07 Å². The van der Waals surface area contributed by atoms with Gasteiger partial charge in [-0.25, -0.2) is 13.2 Å². The van der Waals surface area contributed by atoms with E-state index in [0.717, 1.165) is 7.11 Å². The minimum Gasteiger partial charge on any atom is -0.493 e. The molecule has 0 radical (unpaired) electrons. The Bertz CT molecular complexity index is 484. The van der Waals surface area contributed by atoms with Crippen LogP contribution in [0.2, 0.25) is 0 Å². The molecule has 0 amide bonds. The highest BCUT2D eigenvalue weighted by atomic mass is 19.2. The lowest BCUT2D eigenvalue weighted by atomic mass is 9.85. The molecule has 1 rings (SSSR count). The van der Waals surface area contributed by atoms with E-state index < -0.39 is 40.1 Å². The highest BCUT2D eigenvalue weighted by molar-refractivity contribution is 5.74. The van der Waals surface area contributed by atoms with Gasteiger partial charge in [0.15, 0.2) is 23.2 Å². The summed E-state index contributed by atoms with van der Waals surface area (Å²) < 4.78 is 44.8. The largest absolute Gasteiger partial charge is 0.493 e. The summed E-state index contributed by atoms with van der Waals surface area (Å²) in [5, 5.41) is 8.94. The number of hydrogen-bond acceptors (Lipinski definition) is 2. The van der Waals surface area contributed by atoms with Crippen LogP contribution in [0.5, 0.6) is 5.75 Å². The van der Waals surface area contributed by atoms with Crippen molar-refractivity contribution in [3.05, 3.63) is 29.1 Å². The van der Waals surface area contributed by atoms with Crippen molar-refractivity contribution in [1.82, 2.24) is 0 Å². The van der Waals surface area contributed by atoms with Crippen LogP contribution in [0.4, 0.5) is 13.2 Å². The summed E-state index contributed by atoms with van der Waals surface area (Å²) in [4.78, 5) is 11.0. The van der Waals surface area contributed by atoms with Gasteiger partial charge in [0, 0.05) is 11.6 Å². The van der Waals surface area contributed by atoms with E-state index in [1.807, 2.05) is 0 Å². The third kappa shape index (κ3) is 2.57. The predicted molar refractivity (Wildman–Crippen MR) is 58.0 cm³/mol. The molecular formula is C12H13F3O3. The molecule has 0 aliphatic rings. The topological polar surface area (TPSA) is 46.5 Å². The predicted octanol–water partition coefficient (Wildman–Crippen LogP) is 2.77. The molecule has 100 valence electrons. The molecule has 0 aliphatic carbocycles. The van der Waals surface area contributed by atoms with Crippen molar-refractivity contribution in [3.8, 4) is 5.75 Å². The molecule has 0 fully saturated rings. The maximum atomic E-state index is 13.6. The number of ether oxygens (including phenoxy) is 1. The first-order valence-electron chi connectivity index (χ1n) is 5.14. The molecule has 1 N–H and O–H groups in total. The van der Waals surface area contributed by atoms with Crippen LogP contribution in [0.25, 0.3) is 0 Å². The van der Waals surface area contributed by atoms with E-state index in [1.165, 1.54) is 13.8 Å². The fourth-order valence-corrected chi connectivity index (χ4v) is 1.52. The molecule has 1 aromatic rings. The number of benzene rings is 1. The molecule has 6 heteroatoms. The van der Waals surface area contributed by atoms with Crippen LogP contribution in [0.3, 0.4) is 0 Å². The van der Waals surface area contributed by atoms with E-state index in [1.54, 1.807) is 0 Å². The van der Waals surface area contributed by atoms with Crippen LogP contribution >= 0.6 is 0 Å². The first kappa shape index (κ1) is 14.3. The molecule has 18 heavy (non-hydrogen) atoms. The SMILES string of the molecule is COc1c(F)cc(F)c(F)c1CC(C)(C)C(=O)O. The zero-order valence-electron chi connectivity index (χ0n) is 10.2. The average molecular weight is 262 g/mol. The second kappa shape index (κ2) is 4.88. The first-order chi connectivity index (χ1) is 8.20. The monoisotopic (exact) mass is 262 g/mol. The second-order valence-corrected chi connectivity index (χ2v) is 4.53. The van der Waals surface area contributed by atoms with Gasteiger partial charge in [-0.2, -0.15) is 0 Å². The smallest absolute Gasteiger partial charge is 0.309 e. The molecule has 0 aromatic heterocycles. The fourth-order valence-electron chi connectivity index (χ4n) is 1.52. The number of carboxylic acid groups (broad SMARTS) is 1. The van der Waals surface area contributed by atoms with Crippen LogP contribution in [-0.4, -0.2) is 18.2 Å². The maximum Gasteiger partial charge on any atom is 0.309 e. The van der Waals surface area contributed by atoms with Crippen molar-refractivity contribution in [2.75, 3.05) is 7.11 Å². The van der Waals surface area contributed by atoms with Crippen molar-refractivity contribution in [1.29, 1.82) is 0 Å². The number of hydrogen-bond donors (Lipinski definition) is 1. The van der Waals surface area contributed by atoms with Gasteiger partial charge in [0.2, 0.25) is 0 Å². The van der Waals surface area contributed by atoms with Crippen molar-refractivity contribution in [2.24, 2.45) is 5.41 Å². The number of halogens is 3. The number of rotatable bonds is 4. The molecule has 0 heterocycles. The summed E-state index contributed by atoms with van der Waals surface area (Å²) in [5.74, 6) is -5.39. The van der Waals surface area contributed by atoms with E-state index in [-0.39, 0.29) is 6.42 Å². The van der Waals surface area contributed by atoms with Gasteiger partial charge in [0.05, 0.1) is 12.5 Å². The molecule has 0 saturated carbocycles. The molecule has 3 nitrogen and oxygen atoms in total. The lowest BCUT2D eigenvalue weighted by Gasteiger charge is -2.21. The van der Waals surface area contributed by atoms with E-state index >= 15 is 0 Å². The van der Waals surface area contributed by atoms with E-state index in [9.17, 15) is 18.0 Å². The Morgan fingerprint density at radius 1 is 1.33 bits per heavy atom. The maximum absolute atomic E-state index is 13.6. The van der Waals surface area contributed by atoms with Crippen LogP contribution in [-0.2, 0) is 11.2 Å². The molecular weight excluding hydrogens is 249 g/mol. The second-order valence-electron chi connectivity index (χ2n) is 4.53. The van der Waals surface area contributed by atoms with Gasteiger partial charge in [0.1, 0.15) is 0 Å². The standard InChI is InChI=1S/C12H13F3O3/c1-12(2,11(16)17)5-6-9(15)7(13)4-8(14)10(6)18-3/h4H,5H2,1-3H3,(H,16,17). The van der Waals surface area contributed by atoms with Gasteiger partial charge in [-0.15, -0.1) is 0 Å². The Morgan fingerprint density at radius 2 is 1.89 bits per heavy atom. The minimum absolute atomic E-state index is 0.367. The fraction of sp³-hybridized carbons (Fsp3) is 0.417. The summed E-state index contributed by atoms with van der Waals surface area (Å²) >= 11 is 0. The third-order valence-corrected chi connectivity index (χ3v) is 2.62. The normalized spacial score (nSPS) is 11.4. The molecule has 0 spiro atoms. The quantitative estimate of drug-likeness (QED) is 0.849. The molecule has 1 aromatic carbocycles. The third-order valence-electron chi connectivity index (χ3n) is 2.62. The van der Waals surface area contributed by atoms with Crippen molar-refractivity contribution >= 4 is 5.97 Å². The van der Waals surface area contributed by atoms with Crippen molar-refractivity contribution < 1.29 is 27.8 Å². The summed E-state index contributed by atoms with van der Waals surface area (Å²) in [6.45, 7) is 2.66. The Balaban J connectivity index is 3.35. The van der Waals surface area contributed by atoms with Gasteiger partial charge in [-0.1, -0.05) is 0 Å². The van der Waals surface area contributed by atoms with E-state index in [2.05, 4.69) is 4.74 Å². The van der Waals surface area contributed by atoms with E-state index in [0.29, 0.717) is 6.07 Å². The molecule has 0 unspecified atom stereocenters. The molecule has 0 bridgehead atoms. The lowest BCUT2D eigenvalue weighted by Crippen LogP contribution is -2.27. The summed E-state index contributed by atoms with van der Waals surface area (Å²) in [6.07, 6.45) is -0.383. The molecule has 0 aliphatic heterocycles. The Labute approximate surface area is 102 Å². The van der Waals surface area contributed by atoms with Gasteiger partial charge >= 0.3 is 5.97 Å². The van der Waals surface area contributed by atoms with Crippen LogP contribution in [0, 0.1) is 22.9 Å². The Morgan fingerprint density at radius 3 is 2.33 bits per heavy atom. The minimum atomic E-state index is -1.37. The van der Waals surface area contributed by atoms with Crippen LogP contribution < -0.4 is 4.74 Å². The van der Waals surface area contributed by atoms with Gasteiger partial charge in [-0.05, 0) is 20.3 Å². The zero-order valence-corrected chi connectivity index (χ0v) is 10.2. The number of carbonyl (C=O) groups is 1. The highest BCUT2D eigenvalue weighted by Gasteiger charge is 2.32. The zero-order chi connectivity index (χ0) is 14.1. The lowest BCUT2D eigenvalue weighted by molar-refractivity contribution is -0.146. The van der Waals surface area contributed by atoms with Gasteiger partial charge < -0.3 is 9.84 Å². The van der Waals surface area contributed by atoms with E-state index in [4.69, 9.17) is 5.11 Å². The highest BCUT2D eigenvalue weighted by Crippen LogP contribution is 2.33. The summed E-state index contributed by atoms with van der Waals surface area (Å²) in [5.41, 5.74) is -1.78. The van der Waals surface area contributed by atoms with Crippen molar-refractivity contribution in [3.63, 3.8) is 0 Å². The van der Waals surface area contributed by atoms with Crippen molar-refractivity contribution in [2.45, 2.75) is 20.3 Å². The molecule has 0 atom stereocenters. The Hall–Kier alpha value is -1.72. The Kier molecular flexibility index (Phi) is 3.88. The number of methoxy groups -OCH3 is 1. The number of carboxylic acids is 1. The average Bonchev–Trinajstić information content (AvgIpc) is 2.25. The summed E-state index contributed by atoms with van der Waals surface area (Å²) in [6, 6.07) is 0.367. The summed E-state index contributed by atoms with van der Waals surface area (Å²) in [7, 11) is 1.10. The van der Waals surface area contributed by atoms with Gasteiger partial charge in [0.25, 0.3) is 0 Å². The first-order valence-corrected chi connectivity index (χ1v) is 5.14. The van der Waals surface area contributed by atoms with Gasteiger partial charge in [-0.3, -0.25) is 4.79 Å².